The molecule has 2 rings (SSSR count). The molecule has 0 fully saturated rings. The molecule has 0 aliphatic rings. The molecular formula is C9H14N6O. The smallest absolute Gasteiger partial charge is 0.169 e. The fourth-order valence-electron chi connectivity index (χ4n) is 1.50. The summed E-state index contributed by atoms with van der Waals surface area (Å²) in [6, 6.07) is 0. The Morgan fingerprint density at radius 1 is 1.38 bits per heavy atom. The zero-order valence-corrected chi connectivity index (χ0v) is 9.34. The lowest BCUT2D eigenvalue weighted by Gasteiger charge is -2.03. The summed E-state index contributed by atoms with van der Waals surface area (Å²) in [6.07, 6.45) is 1.84. The number of nitrogens with two attached hydrogens (primary N) is 1. The van der Waals surface area contributed by atoms with Gasteiger partial charge in [-0.2, -0.15) is 0 Å². The minimum atomic E-state index is 0.482. The van der Waals surface area contributed by atoms with Crippen molar-refractivity contribution in [1.29, 1.82) is 0 Å². The van der Waals surface area contributed by atoms with Gasteiger partial charge in [0.1, 0.15) is 11.4 Å². The van der Waals surface area contributed by atoms with Crippen LogP contribution in [0.15, 0.2) is 4.63 Å². The third-order valence-electron chi connectivity index (χ3n) is 2.40. The number of hydrogen-bond acceptors (Lipinski definition) is 6. The number of nitrogen functional groups attached to an aromatic ring is 1. The topological polar surface area (TPSA) is 95.7 Å². The summed E-state index contributed by atoms with van der Waals surface area (Å²) in [7, 11) is 0. The lowest BCUT2D eigenvalue weighted by atomic mass is 10.2. The van der Waals surface area contributed by atoms with Crippen LogP contribution in [0.1, 0.15) is 30.4 Å². The quantitative estimate of drug-likeness (QED) is 0.811. The Morgan fingerprint density at radius 2 is 2.19 bits per heavy atom. The highest BCUT2D eigenvalue weighted by Crippen LogP contribution is 2.12. The molecule has 0 aliphatic heterocycles. The van der Waals surface area contributed by atoms with E-state index < -0.39 is 0 Å². The van der Waals surface area contributed by atoms with Crippen molar-refractivity contribution >= 4 is 5.82 Å². The van der Waals surface area contributed by atoms with E-state index in [1.165, 1.54) is 0 Å². The van der Waals surface area contributed by atoms with Gasteiger partial charge in [0.05, 0.1) is 12.2 Å². The van der Waals surface area contributed by atoms with Gasteiger partial charge in [-0.3, -0.25) is 0 Å². The average molecular weight is 222 g/mol. The molecule has 0 radical (unpaired) electrons. The van der Waals surface area contributed by atoms with Gasteiger partial charge in [-0.15, -0.1) is 5.10 Å². The first-order chi connectivity index (χ1) is 7.72. The molecule has 0 bridgehead atoms. The molecule has 0 aromatic carbocycles. The predicted molar refractivity (Wildman–Crippen MR) is 56.6 cm³/mol. The minimum absolute atomic E-state index is 0.482. The fraction of sp³-hybridized carbons (Fsp3) is 0.556. The number of aromatic nitrogens is 5. The third kappa shape index (κ3) is 1.88. The maximum atomic E-state index is 5.74. The van der Waals surface area contributed by atoms with Crippen LogP contribution in [0.3, 0.4) is 0 Å². The van der Waals surface area contributed by atoms with Crippen molar-refractivity contribution in [1.82, 2.24) is 25.3 Å². The molecule has 86 valence electrons. The molecule has 0 aliphatic carbocycles. The summed E-state index contributed by atoms with van der Waals surface area (Å²) in [6.45, 7) is 4.42. The van der Waals surface area contributed by atoms with Gasteiger partial charge in [-0.25, -0.2) is 9.31 Å². The summed E-state index contributed by atoms with van der Waals surface area (Å²) in [5.41, 5.74) is 8.19. The Labute approximate surface area is 92.6 Å². The molecule has 2 heterocycles. The summed E-state index contributed by atoms with van der Waals surface area (Å²) in [5, 5.41) is 15.4. The van der Waals surface area contributed by atoms with Crippen molar-refractivity contribution in [3.63, 3.8) is 0 Å². The lowest BCUT2D eigenvalue weighted by molar-refractivity contribution is 0.300. The Balaban J connectivity index is 2.24. The van der Waals surface area contributed by atoms with E-state index in [0.29, 0.717) is 12.4 Å². The van der Waals surface area contributed by atoms with Crippen LogP contribution in [-0.4, -0.2) is 25.3 Å². The standard InChI is InChI=1S/C9H14N6O/c1-3-4-8-9(10)11-14-15(8)5-7-6(2)12-16-13-7/h3-5,10H2,1-2H3. The second kappa shape index (κ2) is 4.30. The maximum Gasteiger partial charge on any atom is 0.169 e. The monoisotopic (exact) mass is 222 g/mol. The summed E-state index contributed by atoms with van der Waals surface area (Å²) in [4.78, 5) is 0. The molecule has 0 saturated carbocycles. The summed E-state index contributed by atoms with van der Waals surface area (Å²) < 4.78 is 6.37. The Kier molecular flexibility index (Phi) is 2.84. The maximum absolute atomic E-state index is 5.74. The zero-order chi connectivity index (χ0) is 11.5. The molecule has 0 unspecified atom stereocenters. The van der Waals surface area contributed by atoms with Crippen molar-refractivity contribution in [3.05, 3.63) is 17.1 Å². The molecule has 7 heteroatoms. The predicted octanol–water partition coefficient (Wildman–Crippen LogP) is 0.553. The van der Waals surface area contributed by atoms with Crippen LogP contribution in [0.2, 0.25) is 0 Å². The molecule has 16 heavy (non-hydrogen) atoms. The van der Waals surface area contributed by atoms with Gasteiger partial charge in [0.15, 0.2) is 5.82 Å². The largest absolute Gasteiger partial charge is 0.381 e. The molecule has 7 nitrogen and oxygen atoms in total. The van der Waals surface area contributed by atoms with Gasteiger partial charge in [-0.05, 0) is 13.3 Å². The molecule has 2 aromatic rings. The first kappa shape index (κ1) is 10.6. The highest BCUT2D eigenvalue weighted by Gasteiger charge is 2.13. The number of aryl methyl sites for hydroxylation is 1. The highest BCUT2D eigenvalue weighted by atomic mass is 16.6. The lowest BCUT2D eigenvalue weighted by Crippen LogP contribution is -2.08. The molecular weight excluding hydrogens is 208 g/mol. The van der Waals surface area contributed by atoms with E-state index in [1.807, 2.05) is 6.92 Å². The van der Waals surface area contributed by atoms with Crippen LogP contribution in [-0.2, 0) is 13.0 Å². The van der Waals surface area contributed by atoms with Gasteiger partial charge in [0.2, 0.25) is 0 Å². The van der Waals surface area contributed by atoms with Gasteiger partial charge in [0, 0.05) is 0 Å². The number of rotatable bonds is 4. The highest BCUT2D eigenvalue weighted by molar-refractivity contribution is 5.33. The zero-order valence-electron chi connectivity index (χ0n) is 9.34. The van der Waals surface area contributed by atoms with E-state index in [2.05, 4.69) is 32.2 Å². The van der Waals surface area contributed by atoms with Crippen molar-refractivity contribution in [2.45, 2.75) is 33.2 Å². The Bertz CT molecular complexity index is 474. The van der Waals surface area contributed by atoms with Gasteiger partial charge in [0.25, 0.3) is 0 Å². The first-order valence-corrected chi connectivity index (χ1v) is 5.18. The van der Waals surface area contributed by atoms with Gasteiger partial charge in [-0.1, -0.05) is 28.9 Å². The second-order valence-electron chi connectivity index (χ2n) is 3.63. The van der Waals surface area contributed by atoms with E-state index in [-0.39, 0.29) is 0 Å². The summed E-state index contributed by atoms with van der Waals surface area (Å²) in [5.74, 6) is 0.482. The molecule has 0 saturated heterocycles. The molecule has 0 amide bonds. The first-order valence-electron chi connectivity index (χ1n) is 5.18. The number of nitrogens with zero attached hydrogens (tertiary/aromatic N) is 5. The third-order valence-corrected chi connectivity index (χ3v) is 2.40. The van der Waals surface area contributed by atoms with Crippen LogP contribution in [0, 0.1) is 6.92 Å². The van der Waals surface area contributed by atoms with Crippen LogP contribution in [0.4, 0.5) is 5.82 Å². The Morgan fingerprint density at radius 3 is 2.81 bits per heavy atom. The van der Waals surface area contributed by atoms with Crippen LogP contribution < -0.4 is 5.73 Å². The SMILES string of the molecule is CCCc1c(N)nnn1Cc1nonc1C. The van der Waals surface area contributed by atoms with Crippen molar-refractivity contribution < 1.29 is 4.63 Å². The van der Waals surface area contributed by atoms with Crippen molar-refractivity contribution in [2.75, 3.05) is 5.73 Å². The summed E-state index contributed by atoms with van der Waals surface area (Å²) >= 11 is 0. The fourth-order valence-corrected chi connectivity index (χ4v) is 1.50. The molecule has 2 aromatic heterocycles. The van der Waals surface area contributed by atoms with Gasteiger partial charge >= 0.3 is 0 Å². The van der Waals surface area contributed by atoms with E-state index in [9.17, 15) is 0 Å². The normalized spacial score (nSPS) is 10.9. The Hall–Kier alpha value is -1.92. The van der Waals surface area contributed by atoms with E-state index >= 15 is 0 Å². The van der Waals surface area contributed by atoms with E-state index in [0.717, 1.165) is 29.9 Å². The minimum Gasteiger partial charge on any atom is -0.381 e. The molecule has 0 atom stereocenters. The number of anilines is 1. The van der Waals surface area contributed by atoms with Gasteiger partial charge < -0.3 is 5.73 Å². The second-order valence-corrected chi connectivity index (χ2v) is 3.63. The van der Waals surface area contributed by atoms with E-state index in [4.69, 9.17) is 5.73 Å². The van der Waals surface area contributed by atoms with Crippen LogP contribution in [0.25, 0.3) is 0 Å². The molecule has 2 N–H and O–H groups in total. The number of hydrogen-bond donors (Lipinski definition) is 1. The van der Waals surface area contributed by atoms with Crippen LogP contribution in [0.5, 0.6) is 0 Å². The van der Waals surface area contributed by atoms with Crippen LogP contribution >= 0.6 is 0 Å². The van der Waals surface area contributed by atoms with Crippen molar-refractivity contribution in [3.8, 4) is 0 Å². The average Bonchev–Trinajstić information content (AvgIpc) is 2.80. The molecule has 0 spiro atoms. The van der Waals surface area contributed by atoms with Crippen molar-refractivity contribution in [2.24, 2.45) is 0 Å². The van der Waals surface area contributed by atoms with E-state index in [1.54, 1.807) is 4.68 Å².